The molecular weight excluding hydrogens is 397 g/mol. The number of aromatic nitrogens is 1. The number of carbonyl (C=O) groups is 2. The number of ether oxygens (including phenoxy) is 1. The summed E-state index contributed by atoms with van der Waals surface area (Å²) in [5, 5.41) is 0. The number of alkyl halides is 3. The molecule has 0 unspecified atom stereocenters. The Labute approximate surface area is 170 Å². The van der Waals surface area contributed by atoms with E-state index in [1.54, 1.807) is 36.4 Å². The van der Waals surface area contributed by atoms with Crippen LogP contribution in [0, 0.1) is 0 Å². The number of hydrogen-bond donors (Lipinski definition) is 0. The lowest BCUT2D eigenvalue weighted by atomic mass is 10.1. The predicted molar refractivity (Wildman–Crippen MR) is 104 cm³/mol. The zero-order chi connectivity index (χ0) is 21.6. The van der Waals surface area contributed by atoms with E-state index in [1.807, 2.05) is 6.07 Å². The van der Waals surface area contributed by atoms with Gasteiger partial charge in [0, 0.05) is 23.6 Å². The molecule has 5 nitrogen and oxygen atoms in total. The fourth-order valence-electron chi connectivity index (χ4n) is 2.71. The molecule has 0 saturated heterocycles. The van der Waals surface area contributed by atoms with Crippen molar-refractivity contribution in [1.29, 1.82) is 0 Å². The number of amides is 1. The molecule has 0 aliphatic carbocycles. The zero-order valence-corrected chi connectivity index (χ0v) is 15.7. The lowest BCUT2D eigenvalue weighted by Crippen LogP contribution is -2.34. The Morgan fingerprint density at radius 1 is 0.867 bits per heavy atom. The molecule has 0 bridgehead atoms. The Morgan fingerprint density at radius 2 is 1.50 bits per heavy atom. The van der Waals surface area contributed by atoms with Gasteiger partial charge in [-0.1, -0.05) is 18.2 Å². The number of benzene rings is 2. The van der Waals surface area contributed by atoms with Crippen molar-refractivity contribution in [3.63, 3.8) is 0 Å². The van der Waals surface area contributed by atoms with Gasteiger partial charge in [-0.05, 0) is 48.5 Å². The highest BCUT2D eigenvalue weighted by Gasteiger charge is 2.30. The van der Waals surface area contributed by atoms with E-state index in [4.69, 9.17) is 4.74 Å². The quantitative estimate of drug-likeness (QED) is 0.553. The van der Waals surface area contributed by atoms with Crippen LogP contribution in [0.5, 0.6) is 0 Å². The summed E-state index contributed by atoms with van der Waals surface area (Å²) in [5.74, 6) is -1.07. The van der Waals surface area contributed by atoms with Gasteiger partial charge in [0.25, 0.3) is 5.91 Å². The molecule has 0 N–H and O–H groups in total. The molecule has 0 aliphatic heterocycles. The van der Waals surface area contributed by atoms with Crippen LogP contribution >= 0.6 is 0 Å². The van der Waals surface area contributed by atoms with Crippen LogP contribution in [0.15, 0.2) is 79.1 Å². The molecule has 3 aromatic rings. The number of esters is 1. The van der Waals surface area contributed by atoms with Crippen molar-refractivity contribution >= 4 is 17.6 Å². The second-order valence-electron chi connectivity index (χ2n) is 6.24. The molecule has 30 heavy (non-hydrogen) atoms. The Kier molecular flexibility index (Phi) is 6.46. The van der Waals surface area contributed by atoms with Crippen molar-refractivity contribution in [2.45, 2.75) is 6.18 Å². The summed E-state index contributed by atoms with van der Waals surface area (Å²) >= 11 is 0. The summed E-state index contributed by atoms with van der Waals surface area (Å²) in [6.45, 7) is -0.0664. The van der Waals surface area contributed by atoms with Crippen LogP contribution in [-0.2, 0) is 10.9 Å². The van der Waals surface area contributed by atoms with Crippen molar-refractivity contribution in [1.82, 2.24) is 4.98 Å². The Bertz CT molecular complexity index is 992. The molecule has 0 atom stereocenters. The number of rotatable bonds is 6. The molecule has 3 rings (SSSR count). The zero-order valence-electron chi connectivity index (χ0n) is 15.7. The SMILES string of the molecule is O=C(OCCN(C(=O)c1ccncc1)c1ccccc1)c1ccc(C(F)(F)F)cc1. The second-order valence-corrected chi connectivity index (χ2v) is 6.24. The van der Waals surface area contributed by atoms with E-state index >= 15 is 0 Å². The van der Waals surface area contributed by atoms with E-state index in [-0.39, 0.29) is 24.6 Å². The van der Waals surface area contributed by atoms with Gasteiger partial charge in [-0.2, -0.15) is 13.2 Å². The van der Waals surface area contributed by atoms with Crippen LogP contribution in [0.25, 0.3) is 0 Å². The van der Waals surface area contributed by atoms with Crippen LogP contribution in [-0.4, -0.2) is 30.0 Å². The summed E-state index contributed by atoms with van der Waals surface area (Å²) in [7, 11) is 0. The van der Waals surface area contributed by atoms with Gasteiger partial charge >= 0.3 is 12.1 Å². The maximum atomic E-state index is 12.9. The van der Waals surface area contributed by atoms with Gasteiger partial charge < -0.3 is 9.64 Å². The van der Waals surface area contributed by atoms with Crippen molar-refractivity contribution in [2.24, 2.45) is 0 Å². The van der Waals surface area contributed by atoms with E-state index in [9.17, 15) is 22.8 Å². The first-order chi connectivity index (χ1) is 14.4. The Balaban J connectivity index is 1.67. The number of hydrogen-bond acceptors (Lipinski definition) is 4. The van der Waals surface area contributed by atoms with Crippen molar-refractivity contribution in [2.75, 3.05) is 18.1 Å². The van der Waals surface area contributed by atoms with Gasteiger partial charge in [-0.25, -0.2) is 4.79 Å². The van der Waals surface area contributed by atoms with Crippen LogP contribution in [0.1, 0.15) is 26.3 Å². The third-order valence-corrected chi connectivity index (χ3v) is 4.24. The summed E-state index contributed by atoms with van der Waals surface area (Å²) in [4.78, 5) is 30.4. The first kappa shape index (κ1) is 21.0. The number of anilines is 1. The Morgan fingerprint density at radius 3 is 2.10 bits per heavy atom. The third-order valence-electron chi connectivity index (χ3n) is 4.24. The van der Waals surface area contributed by atoms with E-state index in [0.717, 1.165) is 24.3 Å². The van der Waals surface area contributed by atoms with Crippen molar-refractivity contribution in [3.8, 4) is 0 Å². The molecule has 2 aromatic carbocycles. The number of nitrogens with zero attached hydrogens (tertiary/aromatic N) is 2. The van der Waals surface area contributed by atoms with E-state index in [1.165, 1.54) is 17.3 Å². The average Bonchev–Trinajstić information content (AvgIpc) is 2.77. The molecule has 0 aliphatic rings. The highest BCUT2D eigenvalue weighted by atomic mass is 19.4. The molecule has 1 heterocycles. The number of halogens is 3. The fourth-order valence-corrected chi connectivity index (χ4v) is 2.71. The van der Waals surface area contributed by atoms with Crippen molar-refractivity contribution < 1.29 is 27.5 Å². The smallest absolute Gasteiger partial charge is 0.416 e. The summed E-state index contributed by atoms with van der Waals surface area (Å²) in [6.07, 6.45) is -1.48. The predicted octanol–water partition coefficient (Wildman–Crippen LogP) is 4.60. The lowest BCUT2D eigenvalue weighted by Gasteiger charge is -2.22. The maximum absolute atomic E-state index is 12.9. The molecule has 0 radical (unpaired) electrons. The minimum absolute atomic E-state index is 0.00489. The standard InChI is InChI=1S/C22H17F3N2O3/c23-22(24,25)18-8-6-17(7-9-18)21(29)30-15-14-27(19-4-2-1-3-5-19)20(28)16-10-12-26-13-11-16/h1-13H,14-15H2. The molecular formula is C22H17F3N2O3. The van der Waals surface area contributed by atoms with Gasteiger partial charge in [0.1, 0.15) is 6.61 Å². The van der Waals surface area contributed by atoms with E-state index in [0.29, 0.717) is 11.3 Å². The van der Waals surface area contributed by atoms with Crippen LogP contribution in [0.2, 0.25) is 0 Å². The van der Waals surface area contributed by atoms with E-state index in [2.05, 4.69) is 4.98 Å². The third kappa shape index (κ3) is 5.22. The van der Waals surface area contributed by atoms with Gasteiger partial charge in [0.2, 0.25) is 0 Å². The summed E-state index contributed by atoms with van der Waals surface area (Å²) < 4.78 is 43.1. The van der Waals surface area contributed by atoms with E-state index < -0.39 is 17.7 Å². The average molecular weight is 414 g/mol. The topological polar surface area (TPSA) is 59.5 Å². The molecule has 0 spiro atoms. The molecule has 0 saturated carbocycles. The van der Waals surface area contributed by atoms with Crippen molar-refractivity contribution in [3.05, 3.63) is 95.8 Å². The monoisotopic (exact) mass is 414 g/mol. The van der Waals surface area contributed by atoms with Crippen LogP contribution < -0.4 is 4.90 Å². The van der Waals surface area contributed by atoms with Gasteiger partial charge in [-0.3, -0.25) is 9.78 Å². The number of para-hydroxylation sites is 1. The molecule has 0 fully saturated rings. The lowest BCUT2D eigenvalue weighted by molar-refractivity contribution is -0.137. The highest BCUT2D eigenvalue weighted by molar-refractivity contribution is 6.06. The number of pyridine rings is 1. The van der Waals surface area contributed by atoms with Gasteiger partial charge in [0.05, 0.1) is 17.7 Å². The Hall–Kier alpha value is -3.68. The molecule has 154 valence electrons. The molecule has 1 aromatic heterocycles. The minimum Gasteiger partial charge on any atom is -0.460 e. The summed E-state index contributed by atoms with van der Waals surface area (Å²) in [5.41, 5.74) is 0.180. The fraction of sp³-hybridized carbons (Fsp3) is 0.136. The molecule has 1 amide bonds. The number of carbonyl (C=O) groups excluding carboxylic acids is 2. The van der Waals surface area contributed by atoms with Gasteiger partial charge in [0.15, 0.2) is 0 Å². The van der Waals surface area contributed by atoms with Crippen LogP contribution in [0.3, 0.4) is 0 Å². The normalized spacial score (nSPS) is 11.0. The van der Waals surface area contributed by atoms with Crippen LogP contribution in [0.4, 0.5) is 18.9 Å². The second kappa shape index (κ2) is 9.21. The largest absolute Gasteiger partial charge is 0.460 e. The summed E-state index contributed by atoms with van der Waals surface area (Å²) in [6, 6.07) is 15.8. The molecule has 8 heteroatoms. The first-order valence-corrected chi connectivity index (χ1v) is 8.97. The van der Waals surface area contributed by atoms with Gasteiger partial charge in [-0.15, -0.1) is 0 Å². The highest BCUT2D eigenvalue weighted by Crippen LogP contribution is 2.29. The first-order valence-electron chi connectivity index (χ1n) is 8.97. The minimum atomic E-state index is -4.48. The maximum Gasteiger partial charge on any atom is 0.416 e.